The highest BCUT2D eigenvalue weighted by Gasteiger charge is 2.08. The zero-order valence-electron chi connectivity index (χ0n) is 10.4. The van der Waals surface area contributed by atoms with Crippen molar-refractivity contribution in [3.63, 3.8) is 0 Å². The van der Waals surface area contributed by atoms with Crippen LogP contribution in [-0.2, 0) is 19.3 Å². The number of hydrogen-bond donors (Lipinski definition) is 1. The van der Waals surface area contributed by atoms with Crippen molar-refractivity contribution in [1.82, 2.24) is 14.8 Å². The third-order valence-electron chi connectivity index (χ3n) is 2.76. The Bertz CT molecular complexity index is 553. The van der Waals surface area contributed by atoms with Gasteiger partial charge in [-0.05, 0) is 24.1 Å². The first kappa shape index (κ1) is 13.0. The summed E-state index contributed by atoms with van der Waals surface area (Å²) >= 11 is 1.47. The van der Waals surface area contributed by atoms with Gasteiger partial charge in [-0.3, -0.25) is 0 Å². The number of aryl methyl sites for hydroxylation is 1. The molecular weight excluding hydrogens is 251 g/mol. The maximum absolute atomic E-state index is 13.7. The van der Waals surface area contributed by atoms with E-state index >= 15 is 0 Å². The van der Waals surface area contributed by atoms with Crippen molar-refractivity contribution < 1.29 is 4.39 Å². The van der Waals surface area contributed by atoms with Crippen LogP contribution in [0.4, 0.5) is 4.39 Å². The van der Waals surface area contributed by atoms with E-state index in [4.69, 9.17) is 5.73 Å². The summed E-state index contributed by atoms with van der Waals surface area (Å²) in [6.07, 6.45) is 0. The van der Waals surface area contributed by atoms with Crippen LogP contribution >= 0.6 is 11.8 Å². The number of halogens is 1. The summed E-state index contributed by atoms with van der Waals surface area (Å²) in [6.45, 7) is 2.24. The Morgan fingerprint density at radius 3 is 2.72 bits per heavy atom. The van der Waals surface area contributed by atoms with Crippen LogP contribution in [-0.4, -0.2) is 14.8 Å². The van der Waals surface area contributed by atoms with E-state index in [9.17, 15) is 4.39 Å². The van der Waals surface area contributed by atoms with Crippen LogP contribution in [0.5, 0.6) is 0 Å². The van der Waals surface area contributed by atoms with E-state index in [1.165, 1.54) is 17.8 Å². The van der Waals surface area contributed by atoms with Crippen molar-refractivity contribution in [3.8, 4) is 0 Å². The molecule has 1 heterocycles. The Morgan fingerprint density at radius 2 is 2.17 bits per heavy atom. The van der Waals surface area contributed by atoms with Crippen LogP contribution in [0.3, 0.4) is 0 Å². The van der Waals surface area contributed by atoms with Gasteiger partial charge in [-0.2, -0.15) is 0 Å². The number of nitrogens with zero attached hydrogens (tertiary/aromatic N) is 3. The Balaban J connectivity index is 2.08. The lowest BCUT2D eigenvalue weighted by molar-refractivity contribution is 0.614. The van der Waals surface area contributed by atoms with Crippen LogP contribution in [0, 0.1) is 12.7 Å². The number of nitrogens with two attached hydrogens (primary N) is 1. The molecule has 0 bridgehead atoms. The number of rotatable bonds is 4. The molecule has 0 saturated heterocycles. The average Bonchev–Trinajstić information content (AvgIpc) is 2.68. The molecule has 1 aromatic carbocycles. The van der Waals surface area contributed by atoms with Crippen molar-refractivity contribution in [2.24, 2.45) is 12.8 Å². The predicted octanol–water partition coefficient (Wildman–Crippen LogP) is 2.01. The molecular formula is C12H15FN4S. The first-order chi connectivity index (χ1) is 8.61. The van der Waals surface area contributed by atoms with Gasteiger partial charge in [0.15, 0.2) is 5.16 Å². The first-order valence-corrected chi connectivity index (χ1v) is 6.56. The molecule has 0 spiro atoms. The highest BCUT2D eigenvalue weighted by molar-refractivity contribution is 7.98. The average molecular weight is 266 g/mol. The predicted molar refractivity (Wildman–Crippen MR) is 69.6 cm³/mol. The molecule has 2 rings (SSSR count). The van der Waals surface area contributed by atoms with E-state index in [1.807, 2.05) is 24.6 Å². The minimum atomic E-state index is -0.218. The minimum Gasteiger partial charge on any atom is -0.326 e. The van der Waals surface area contributed by atoms with E-state index < -0.39 is 0 Å². The molecule has 18 heavy (non-hydrogen) atoms. The third kappa shape index (κ3) is 2.70. The number of benzene rings is 1. The quantitative estimate of drug-likeness (QED) is 0.860. The van der Waals surface area contributed by atoms with Gasteiger partial charge in [0, 0.05) is 19.3 Å². The Labute approximate surface area is 109 Å². The summed E-state index contributed by atoms with van der Waals surface area (Å²) < 4.78 is 15.6. The molecule has 6 heteroatoms. The van der Waals surface area contributed by atoms with Crippen LogP contribution in [0.2, 0.25) is 0 Å². The first-order valence-electron chi connectivity index (χ1n) is 5.58. The standard InChI is InChI=1S/C12H15FN4S/c1-8-15-16-12(17(8)2)18-7-10-4-3-9(6-14)5-11(10)13/h3-5H,6-7,14H2,1-2H3. The minimum absolute atomic E-state index is 0.218. The van der Waals surface area contributed by atoms with Gasteiger partial charge in [0.05, 0.1) is 0 Å². The largest absolute Gasteiger partial charge is 0.326 e. The Hall–Kier alpha value is -1.40. The second-order valence-corrected chi connectivity index (χ2v) is 4.95. The summed E-state index contributed by atoms with van der Waals surface area (Å²) in [5.74, 6) is 1.16. The number of hydrogen-bond acceptors (Lipinski definition) is 4. The van der Waals surface area contributed by atoms with Gasteiger partial charge in [0.2, 0.25) is 0 Å². The Morgan fingerprint density at radius 1 is 1.39 bits per heavy atom. The summed E-state index contributed by atoms with van der Waals surface area (Å²) in [5.41, 5.74) is 6.92. The fraction of sp³-hybridized carbons (Fsp3) is 0.333. The Kier molecular flexibility index (Phi) is 3.98. The summed E-state index contributed by atoms with van der Waals surface area (Å²) in [7, 11) is 1.89. The fourth-order valence-electron chi connectivity index (χ4n) is 1.49. The van der Waals surface area contributed by atoms with Crippen molar-refractivity contribution in [1.29, 1.82) is 0 Å². The van der Waals surface area contributed by atoms with Crippen molar-refractivity contribution >= 4 is 11.8 Å². The highest BCUT2D eigenvalue weighted by atomic mass is 32.2. The lowest BCUT2D eigenvalue weighted by Gasteiger charge is -2.05. The molecule has 0 unspecified atom stereocenters. The highest BCUT2D eigenvalue weighted by Crippen LogP contribution is 2.23. The normalized spacial score (nSPS) is 10.9. The van der Waals surface area contributed by atoms with Crippen LogP contribution in [0.25, 0.3) is 0 Å². The monoisotopic (exact) mass is 266 g/mol. The lowest BCUT2D eigenvalue weighted by Crippen LogP contribution is -1.99. The summed E-state index contributed by atoms with van der Waals surface area (Å²) in [6, 6.07) is 5.10. The smallest absolute Gasteiger partial charge is 0.191 e. The zero-order chi connectivity index (χ0) is 13.1. The van der Waals surface area contributed by atoms with Crippen LogP contribution in [0.15, 0.2) is 23.4 Å². The van der Waals surface area contributed by atoms with Gasteiger partial charge >= 0.3 is 0 Å². The topological polar surface area (TPSA) is 56.7 Å². The van der Waals surface area contributed by atoms with Crippen LogP contribution < -0.4 is 5.73 Å². The molecule has 2 N–H and O–H groups in total. The molecule has 0 fully saturated rings. The van der Waals surface area contributed by atoms with Crippen LogP contribution in [0.1, 0.15) is 17.0 Å². The van der Waals surface area contributed by atoms with Gasteiger partial charge in [-0.1, -0.05) is 23.9 Å². The molecule has 2 aromatic rings. The van der Waals surface area contributed by atoms with E-state index in [0.717, 1.165) is 16.5 Å². The molecule has 0 aliphatic carbocycles. The van der Waals surface area contributed by atoms with Gasteiger partial charge < -0.3 is 10.3 Å². The number of aromatic nitrogens is 3. The zero-order valence-corrected chi connectivity index (χ0v) is 11.2. The molecule has 0 atom stereocenters. The molecule has 0 aliphatic heterocycles. The van der Waals surface area contributed by atoms with Crippen molar-refractivity contribution in [2.45, 2.75) is 24.4 Å². The molecule has 0 radical (unpaired) electrons. The SMILES string of the molecule is Cc1nnc(SCc2ccc(CN)cc2F)n1C. The molecule has 4 nitrogen and oxygen atoms in total. The van der Waals surface area contributed by atoms with E-state index in [-0.39, 0.29) is 5.82 Å². The van der Waals surface area contributed by atoms with Gasteiger partial charge in [0.1, 0.15) is 11.6 Å². The second-order valence-electron chi connectivity index (χ2n) is 4.01. The number of thioether (sulfide) groups is 1. The fourth-order valence-corrected chi connectivity index (χ4v) is 2.43. The summed E-state index contributed by atoms with van der Waals surface area (Å²) in [5, 5.41) is 8.77. The molecule has 0 saturated carbocycles. The van der Waals surface area contributed by atoms with E-state index in [2.05, 4.69) is 10.2 Å². The third-order valence-corrected chi connectivity index (χ3v) is 3.83. The maximum atomic E-state index is 13.7. The maximum Gasteiger partial charge on any atom is 0.191 e. The van der Waals surface area contributed by atoms with Crippen molar-refractivity contribution in [3.05, 3.63) is 41.0 Å². The van der Waals surface area contributed by atoms with Gasteiger partial charge in [-0.25, -0.2) is 4.39 Å². The molecule has 96 valence electrons. The van der Waals surface area contributed by atoms with E-state index in [1.54, 1.807) is 6.07 Å². The summed E-state index contributed by atoms with van der Waals surface area (Å²) in [4.78, 5) is 0. The second kappa shape index (κ2) is 5.49. The van der Waals surface area contributed by atoms with E-state index in [0.29, 0.717) is 17.9 Å². The molecule has 0 amide bonds. The molecule has 0 aliphatic rings. The van der Waals surface area contributed by atoms with Gasteiger partial charge in [0.25, 0.3) is 0 Å². The van der Waals surface area contributed by atoms with Gasteiger partial charge in [-0.15, -0.1) is 10.2 Å². The lowest BCUT2D eigenvalue weighted by atomic mass is 10.1. The molecule has 1 aromatic heterocycles. The van der Waals surface area contributed by atoms with Crippen molar-refractivity contribution in [2.75, 3.05) is 0 Å².